The van der Waals surface area contributed by atoms with Crippen LogP contribution < -0.4 is 10.1 Å². The fraction of sp³-hybridized carbons (Fsp3) is 0.667. The Morgan fingerprint density at radius 2 is 1.95 bits per heavy atom. The summed E-state index contributed by atoms with van der Waals surface area (Å²) in [6.45, 7) is 3.13. The summed E-state index contributed by atoms with van der Waals surface area (Å²) >= 11 is 0. The molecule has 0 fully saturated rings. The molecule has 0 heterocycles. The summed E-state index contributed by atoms with van der Waals surface area (Å²) in [5.74, 6) is 1.12. The number of benzene rings is 1. The van der Waals surface area contributed by atoms with Gasteiger partial charge in [0.05, 0.1) is 6.61 Å². The normalized spacial score (nSPS) is 17.2. The van der Waals surface area contributed by atoms with Gasteiger partial charge >= 0.3 is 0 Å². The van der Waals surface area contributed by atoms with Gasteiger partial charge in [0.25, 0.3) is 0 Å². The third-order valence-corrected chi connectivity index (χ3v) is 4.33. The summed E-state index contributed by atoms with van der Waals surface area (Å²) in [4.78, 5) is 0. The van der Waals surface area contributed by atoms with E-state index in [1.54, 1.807) is 0 Å². The van der Waals surface area contributed by atoms with Crippen molar-refractivity contribution in [1.82, 2.24) is 5.32 Å². The lowest BCUT2D eigenvalue weighted by Crippen LogP contribution is -2.12. The van der Waals surface area contributed by atoms with Gasteiger partial charge in [0.2, 0.25) is 0 Å². The van der Waals surface area contributed by atoms with E-state index in [9.17, 15) is 0 Å². The molecule has 1 atom stereocenters. The minimum Gasteiger partial charge on any atom is -0.493 e. The molecule has 0 bridgehead atoms. The lowest BCUT2D eigenvalue weighted by Gasteiger charge is -2.13. The predicted octanol–water partition coefficient (Wildman–Crippen LogP) is 4.63. The van der Waals surface area contributed by atoms with Crippen LogP contribution in [-0.4, -0.2) is 13.7 Å². The van der Waals surface area contributed by atoms with Gasteiger partial charge in [-0.05, 0) is 43.5 Å². The average molecular weight is 275 g/mol. The number of ether oxygens (including phenoxy) is 1. The van der Waals surface area contributed by atoms with E-state index in [0.29, 0.717) is 6.04 Å². The van der Waals surface area contributed by atoms with Crippen molar-refractivity contribution in [3.63, 3.8) is 0 Å². The highest BCUT2D eigenvalue weighted by Crippen LogP contribution is 2.36. The Labute approximate surface area is 123 Å². The highest BCUT2D eigenvalue weighted by atomic mass is 16.5. The standard InChI is InChI=1S/C18H29NO/c1-3-4-5-6-7-8-14-20-18-11-9-10-15-16(18)12-13-17(15)19-2/h9-11,17,19H,3-8,12-14H2,1-2H3. The largest absolute Gasteiger partial charge is 0.493 e. The zero-order valence-electron chi connectivity index (χ0n) is 13.1. The molecule has 2 nitrogen and oxygen atoms in total. The molecule has 0 spiro atoms. The van der Waals surface area contributed by atoms with Crippen LogP contribution in [0.3, 0.4) is 0 Å². The SMILES string of the molecule is CCCCCCCCOc1cccc2c1CCC2NC. The van der Waals surface area contributed by atoms with E-state index in [-0.39, 0.29) is 0 Å². The Balaban J connectivity index is 1.75. The molecule has 0 saturated heterocycles. The van der Waals surface area contributed by atoms with Crippen molar-refractivity contribution in [2.75, 3.05) is 13.7 Å². The van der Waals surface area contributed by atoms with Gasteiger partial charge in [0.15, 0.2) is 0 Å². The third kappa shape index (κ3) is 3.99. The van der Waals surface area contributed by atoms with Crippen molar-refractivity contribution in [3.05, 3.63) is 29.3 Å². The van der Waals surface area contributed by atoms with Gasteiger partial charge in [-0.15, -0.1) is 0 Å². The van der Waals surface area contributed by atoms with E-state index < -0.39 is 0 Å². The topological polar surface area (TPSA) is 21.3 Å². The van der Waals surface area contributed by atoms with Crippen LogP contribution in [-0.2, 0) is 6.42 Å². The molecule has 0 saturated carbocycles. The van der Waals surface area contributed by atoms with Crippen LogP contribution in [0.25, 0.3) is 0 Å². The number of fused-ring (bicyclic) bond motifs is 1. The lowest BCUT2D eigenvalue weighted by molar-refractivity contribution is 0.302. The van der Waals surface area contributed by atoms with E-state index in [0.717, 1.165) is 18.8 Å². The van der Waals surface area contributed by atoms with Gasteiger partial charge in [-0.25, -0.2) is 0 Å². The summed E-state index contributed by atoms with van der Waals surface area (Å²) < 4.78 is 6.02. The number of unbranched alkanes of at least 4 members (excludes halogenated alkanes) is 5. The van der Waals surface area contributed by atoms with Gasteiger partial charge in [0, 0.05) is 6.04 Å². The molecule has 1 aromatic carbocycles. The Bertz CT molecular complexity index is 402. The predicted molar refractivity (Wildman–Crippen MR) is 85.4 cm³/mol. The van der Waals surface area contributed by atoms with Crippen molar-refractivity contribution >= 4 is 0 Å². The Morgan fingerprint density at radius 3 is 2.75 bits per heavy atom. The maximum atomic E-state index is 6.02. The summed E-state index contributed by atoms with van der Waals surface area (Å²) in [5.41, 5.74) is 2.87. The summed E-state index contributed by atoms with van der Waals surface area (Å²) in [6.07, 6.45) is 10.2. The average Bonchev–Trinajstić information content (AvgIpc) is 2.90. The fourth-order valence-electron chi connectivity index (χ4n) is 3.12. The molecule has 20 heavy (non-hydrogen) atoms. The van der Waals surface area contributed by atoms with Gasteiger partial charge in [-0.2, -0.15) is 0 Å². The van der Waals surface area contributed by atoms with Crippen molar-refractivity contribution in [2.24, 2.45) is 0 Å². The smallest absolute Gasteiger partial charge is 0.122 e. The summed E-state index contributed by atoms with van der Waals surface area (Å²) in [7, 11) is 2.05. The highest BCUT2D eigenvalue weighted by Gasteiger charge is 2.23. The van der Waals surface area contributed by atoms with Gasteiger partial charge in [0.1, 0.15) is 5.75 Å². The van der Waals surface area contributed by atoms with Crippen LogP contribution in [0.4, 0.5) is 0 Å². The second-order valence-corrected chi connectivity index (χ2v) is 5.82. The molecule has 2 rings (SSSR count). The van der Waals surface area contributed by atoms with E-state index >= 15 is 0 Å². The van der Waals surface area contributed by atoms with Crippen LogP contribution >= 0.6 is 0 Å². The maximum absolute atomic E-state index is 6.02. The maximum Gasteiger partial charge on any atom is 0.122 e. The highest BCUT2D eigenvalue weighted by molar-refractivity contribution is 5.45. The minimum atomic E-state index is 0.516. The first-order chi connectivity index (χ1) is 9.86. The van der Waals surface area contributed by atoms with E-state index in [1.165, 1.54) is 56.1 Å². The Morgan fingerprint density at radius 1 is 1.15 bits per heavy atom. The molecule has 0 amide bonds. The van der Waals surface area contributed by atoms with E-state index in [4.69, 9.17) is 4.74 Å². The van der Waals surface area contributed by atoms with Crippen LogP contribution in [0.1, 0.15) is 69.0 Å². The summed E-state index contributed by atoms with van der Waals surface area (Å²) in [6, 6.07) is 7.02. The molecule has 1 aliphatic rings. The Hall–Kier alpha value is -1.02. The van der Waals surface area contributed by atoms with Gasteiger partial charge < -0.3 is 10.1 Å². The van der Waals surface area contributed by atoms with E-state index in [2.05, 4.69) is 30.4 Å². The lowest BCUT2D eigenvalue weighted by atomic mass is 10.1. The second-order valence-electron chi connectivity index (χ2n) is 5.82. The van der Waals surface area contributed by atoms with Crippen molar-refractivity contribution in [2.45, 2.75) is 64.3 Å². The second kappa shape index (κ2) is 8.31. The van der Waals surface area contributed by atoms with Gasteiger partial charge in [-0.3, -0.25) is 0 Å². The zero-order valence-corrected chi connectivity index (χ0v) is 13.1. The van der Waals surface area contributed by atoms with Crippen LogP contribution in [0.2, 0.25) is 0 Å². The third-order valence-electron chi connectivity index (χ3n) is 4.33. The molecule has 0 aliphatic heterocycles. The quantitative estimate of drug-likeness (QED) is 0.663. The minimum absolute atomic E-state index is 0.516. The molecule has 1 N–H and O–H groups in total. The van der Waals surface area contributed by atoms with Crippen LogP contribution in [0.15, 0.2) is 18.2 Å². The number of nitrogens with one attached hydrogen (secondary N) is 1. The molecule has 1 aromatic rings. The first kappa shape index (κ1) is 15.4. The molecule has 112 valence electrons. The Kier molecular flexibility index (Phi) is 6.38. The van der Waals surface area contributed by atoms with Crippen molar-refractivity contribution < 1.29 is 4.74 Å². The number of rotatable bonds is 9. The molecule has 1 aliphatic carbocycles. The molecule has 0 aromatic heterocycles. The molecule has 0 radical (unpaired) electrons. The first-order valence-electron chi connectivity index (χ1n) is 8.28. The molecular weight excluding hydrogens is 246 g/mol. The molecule has 2 heteroatoms. The summed E-state index contributed by atoms with van der Waals surface area (Å²) in [5, 5.41) is 3.39. The van der Waals surface area contributed by atoms with Crippen molar-refractivity contribution in [3.8, 4) is 5.75 Å². The number of hydrogen-bond donors (Lipinski definition) is 1. The first-order valence-corrected chi connectivity index (χ1v) is 8.28. The molecular formula is C18H29NO. The number of hydrogen-bond acceptors (Lipinski definition) is 2. The van der Waals surface area contributed by atoms with E-state index in [1.807, 2.05) is 7.05 Å². The van der Waals surface area contributed by atoms with Crippen LogP contribution in [0, 0.1) is 0 Å². The molecule has 1 unspecified atom stereocenters. The fourth-order valence-corrected chi connectivity index (χ4v) is 3.12. The van der Waals surface area contributed by atoms with Crippen molar-refractivity contribution in [1.29, 1.82) is 0 Å². The van der Waals surface area contributed by atoms with Crippen LogP contribution in [0.5, 0.6) is 5.75 Å². The van der Waals surface area contributed by atoms with Gasteiger partial charge in [-0.1, -0.05) is 51.2 Å². The monoisotopic (exact) mass is 275 g/mol. The zero-order chi connectivity index (χ0) is 14.2.